The lowest BCUT2D eigenvalue weighted by Crippen LogP contribution is -2.11. The molecule has 4 aromatic carbocycles. The maximum absolute atomic E-state index is 12.6. The fraction of sp³-hybridized carbons (Fsp3) is 0. The van der Waals surface area contributed by atoms with E-state index in [4.69, 9.17) is 16.3 Å². The average molecular weight is 544 g/mol. The van der Waals surface area contributed by atoms with Crippen LogP contribution in [0.1, 0.15) is 10.4 Å². The Morgan fingerprint density at radius 3 is 1.80 bits per heavy atom. The number of halogens is 2. The first-order valence-electron chi connectivity index (χ1n) is 9.24. The van der Waals surface area contributed by atoms with Crippen molar-refractivity contribution in [2.45, 2.75) is 14.7 Å². The van der Waals surface area contributed by atoms with Crippen molar-refractivity contribution in [3.63, 3.8) is 0 Å². The molecule has 4 aromatic rings. The molecule has 0 aliphatic rings. The molecule has 0 heterocycles. The summed E-state index contributed by atoms with van der Waals surface area (Å²) in [4.78, 5) is 16.2. The molecule has 0 spiro atoms. The van der Waals surface area contributed by atoms with Crippen molar-refractivity contribution in [3.8, 4) is 5.75 Å². The minimum atomic E-state index is -0.417. The van der Waals surface area contributed by atoms with Gasteiger partial charge < -0.3 is 4.74 Å². The monoisotopic (exact) mass is 543 g/mol. The molecule has 2 nitrogen and oxygen atoms in total. The Balaban J connectivity index is 1.61. The lowest BCUT2D eigenvalue weighted by atomic mass is 10.2. The van der Waals surface area contributed by atoms with E-state index in [1.165, 1.54) is 9.79 Å². The van der Waals surface area contributed by atoms with Gasteiger partial charge in [-0.1, -0.05) is 54.1 Å². The van der Waals surface area contributed by atoms with Gasteiger partial charge in [-0.15, -0.1) is 0 Å². The summed E-state index contributed by atoms with van der Waals surface area (Å²) in [7, 11) is -0.237. The number of hydrogen-bond acceptors (Lipinski definition) is 2. The first-order valence-corrected chi connectivity index (χ1v) is 11.9. The number of esters is 1. The summed E-state index contributed by atoms with van der Waals surface area (Å²) in [6, 6.07) is 33.8. The van der Waals surface area contributed by atoms with E-state index in [9.17, 15) is 4.79 Å². The molecule has 0 aliphatic carbocycles. The van der Waals surface area contributed by atoms with Crippen LogP contribution >= 0.6 is 34.2 Å². The second kappa shape index (κ2) is 9.69. The summed E-state index contributed by atoms with van der Waals surface area (Å²) >= 11 is 8.18. The quantitative estimate of drug-likeness (QED) is 0.115. The van der Waals surface area contributed by atoms with Gasteiger partial charge in [-0.2, -0.15) is 0 Å². The van der Waals surface area contributed by atoms with Gasteiger partial charge in [-0.25, -0.2) is 4.79 Å². The highest BCUT2D eigenvalue weighted by molar-refractivity contribution is 14.1. The number of hydrogen-bond donors (Lipinski definition) is 0. The molecule has 0 aliphatic heterocycles. The average Bonchev–Trinajstić information content (AvgIpc) is 2.78. The van der Waals surface area contributed by atoms with Crippen LogP contribution in [0.3, 0.4) is 0 Å². The smallest absolute Gasteiger partial charge is 0.344 e. The van der Waals surface area contributed by atoms with Crippen molar-refractivity contribution in [1.82, 2.24) is 0 Å². The Labute approximate surface area is 197 Å². The fourth-order valence-corrected chi connectivity index (χ4v) is 5.83. The van der Waals surface area contributed by atoms with Gasteiger partial charge in [0.25, 0.3) is 0 Å². The Morgan fingerprint density at radius 1 is 0.700 bits per heavy atom. The Bertz CT molecular complexity index is 1110. The molecule has 0 saturated heterocycles. The van der Waals surface area contributed by atoms with Crippen LogP contribution in [0.25, 0.3) is 0 Å². The zero-order chi connectivity index (χ0) is 20.9. The van der Waals surface area contributed by atoms with E-state index in [1.54, 1.807) is 18.2 Å². The van der Waals surface area contributed by atoms with Gasteiger partial charge in [0.2, 0.25) is 0 Å². The van der Waals surface area contributed by atoms with Crippen molar-refractivity contribution in [2.75, 3.05) is 0 Å². The van der Waals surface area contributed by atoms with Gasteiger partial charge in [-0.3, -0.25) is 0 Å². The molecule has 0 N–H and O–H groups in total. The van der Waals surface area contributed by atoms with Gasteiger partial charge in [0.05, 0.1) is 21.5 Å². The van der Waals surface area contributed by atoms with Crippen LogP contribution in [0, 0.1) is 3.57 Å². The topological polar surface area (TPSA) is 26.3 Å². The number of rotatable bonds is 5. The minimum absolute atomic E-state index is 0.237. The third-order valence-electron chi connectivity index (χ3n) is 4.40. The lowest BCUT2D eigenvalue weighted by Gasteiger charge is -2.09. The van der Waals surface area contributed by atoms with Crippen LogP contribution in [0.15, 0.2) is 118 Å². The summed E-state index contributed by atoms with van der Waals surface area (Å²) < 4.78 is 6.27. The Hall–Kier alpha value is -2.28. The highest BCUT2D eigenvalue weighted by Crippen LogP contribution is 2.32. The van der Waals surface area contributed by atoms with Gasteiger partial charge in [-0.05, 0) is 83.3 Å². The molecule has 0 aromatic heterocycles. The van der Waals surface area contributed by atoms with Gasteiger partial charge in [0.15, 0.2) is 14.7 Å². The normalized spacial score (nSPS) is 10.8. The van der Waals surface area contributed by atoms with Gasteiger partial charge >= 0.3 is 5.97 Å². The summed E-state index contributed by atoms with van der Waals surface area (Å²) in [5.41, 5.74) is 0.459. The first-order chi connectivity index (χ1) is 14.6. The largest absolute Gasteiger partial charge is 0.423 e. The standard InChI is InChI=1S/C25H17ClIO2S/c26-23-13-7-12-22(24(23)27)25(28)29-18-14-16-21(17-15-18)30(19-8-3-1-4-9-19)20-10-5-2-6-11-20/h1-17H/q+1. The Kier molecular flexibility index (Phi) is 6.77. The van der Waals surface area contributed by atoms with Gasteiger partial charge in [0.1, 0.15) is 5.75 Å². The molecular formula is C25H17ClIO2S+. The van der Waals surface area contributed by atoms with Crippen molar-refractivity contribution >= 4 is 51.1 Å². The predicted octanol–water partition coefficient (Wildman–Crippen LogP) is 7.26. The fourth-order valence-electron chi connectivity index (χ4n) is 2.99. The molecule has 0 atom stereocenters. The molecule has 148 valence electrons. The van der Waals surface area contributed by atoms with Crippen LogP contribution < -0.4 is 4.74 Å². The second-order valence-corrected chi connectivity index (χ2v) is 9.91. The van der Waals surface area contributed by atoms with Crippen molar-refractivity contribution in [3.05, 3.63) is 117 Å². The maximum Gasteiger partial charge on any atom is 0.344 e. The molecule has 30 heavy (non-hydrogen) atoms. The third kappa shape index (κ3) is 4.72. The second-order valence-electron chi connectivity index (χ2n) is 6.39. The van der Waals surface area contributed by atoms with E-state index in [0.717, 1.165) is 4.90 Å². The van der Waals surface area contributed by atoms with Gasteiger partial charge in [0, 0.05) is 3.57 Å². The highest BCUT2D eigenvalue weighted by atomic mass is 127. The summed E-state index contributed by atoms with van der Waals surface area (Å²) in [5, 5.41) is 0.537. The van der Waals surface area contributed by atoms with E-state index >= 15 is 0 Å². The van der Waals surface area contributed by atoms with E-state index < -0.39 is 5.97 Å². The molecular weight excluding hydrogens is 527 g/mol. The van der Waals surface area contributed by atoms with Crippen molar-refractivity contribution in [2.24, 2.45) is 0 Å². The first kappa shape index (κ1) is 21.0. The molecule has 0 radical (unpaired) electrons. The number of carbonyl (C=O) groups excluding carboxylic acids is 1. The Morgan fingerprint density at radius 2 is 1.23 bits per heavy atom. The van der Waals surface area contributed by atoms with E-state index in [1.807, 2.05) is 36.4 Å². The molecule has 0 saturated carbocycles. The van der Waals surface area contributed by atoms with Crippen molar-refractivity contribution < 1.29 is 9.53 Å². The van der Waals surface area contributed by atoms with Crippen LogP contribution in [-0.2, 0) is 10.9 Å². The maximum atomic E-state index is 12.6. The van der Waals surface area contributed by atoms with Crippen LogP contribution in [-0.4, -0.2) is 5.97 Å². The highest BCUT2D eigenvalue weighted by Gasteiger charge is 2.28. The third-order valence-corrected chi connectivity index (χ3v) is 8.43. The van der Waals surface area contributed by atoms with E-state index in [0.29, 0.717) is 19.9 Å². The SMILES string of the molecule is O=C(Oc1ccc([S+](c2ccccc2)c2ccccc2)cc1)c1cccc(Cl)c1I. The zero-order valence-electron chi connectivity index (χ0n) is 15.8. The number of benzene rings is 4. The molecule has 0 bridgehead atoms. The summed E-state index contributed by atoms with van der Waals surface area (Å²) in [6.07, 6.45) is 0. The lowest BCUT2D eigenvalue weighted by molar-refractivity contribution is 0.0733. The minimum Gasteiger partial charge on any atom is -0.423 e. The summed E-state index contributed by atoms with van der Waals surface area (Å²) in [6.45, 7) is 0. The molecule has 4 rings (SSSR count). The summed E-state index contributed by atoms with van der Waals surface area (Å²) in [5.74, 6) is 0.0870. The molecule has 0 amide bonds. The van der Waals surface area contributed by atoms with Crippen molar-refractivity contribution in [1.29, 1.82) is 0 Å². The molecule has 0 fully saturated rings. The number of carbonyl (C=O) groups is 1. The van der Waals surface area contributed by atoms with E-state index in [2.05, 4.69) is 71.1 Å². The molecule has 0 unspecified atom stereocenters. The number of ether oxygens (including phenoxy) is 1. The zero-order valence-corrected chi connectivity index (χ0v) is 19.5. The predicted molar refractivity (Wildman–Crippen MR) is 131 cm³/mol. The van der Waals surface area contributed by atoms with E-state index in [-0.39, 0.29) is 10.9 Å². The van der Waals surface area contributed by atoms with Crippen LogP contribution in [0.5, 0.6) is 5.75 Å². The molecule has 5 heteroatoms. The van der Waals surface area contributed by atoms with Crippen LogP contribution in [0.4, 0.5) is 0 Å². The van der Waals surface area contributed by atoms with Crippen LogP contribution in [0.2, 0.25) is 5.02 Å².